The molecule has 2 saturated heterocycles. The first kappa shape index (κ1) is 23.1. The molecular formula is C26H31FN8O. The highest BCUT2D eigenvalue weighted by Gasteiger charge is 2.26. The van der Waals surface area contributed by atoms with E-state index in [1.54, 1.807) is 17.0 Å². The van der Waals surface area contributed by atoms with Crippen LogP contribution in [0.25, 0.3) is 28.2 Å². The lowest BCUT2D eigenvalue weighted by molar-refractivity contribution is 0.0985. The fourth-order valence-corrected chi connectivity index (χ4v) is 5.45. The molecule has 5 heterocycles. The van der Waals surface area contributed by atoms with Crippen LogP contribution in [0.4, 0.5) is 10.2 Å². The molecule has 1 aromatic carbocycles. The largest absolute Gasteiger partial charge is 0.377 e. The van der Waals surface area contributed by atoms with E-state index in [2.05, 4.69) is 39.8 Å². The van der Waals surface area contributed by atoms with Gasteiger partial charge < -0.3 is 15.0 Å². The summed E-state index contributed by atoms with van der Waals surface area (Å²) in [4.78, 5) is 16.6. The van der Waals surface area contributed by atoms with Crippen molar-refractivity contribution >= 4 is 16.9 Å². The summed E-state index contributed by atoms with van der Waals surface area (Å²) in [7, 11) is 0. The Labute approximate surface area is 209 Å². The van der Waals surface area contributed by atoms with Gasteiger partial charge in [0.05, 0.1) is 47.7 Å². The zero-order valence-corrected chi connectivity index (χ0v) is 20.9. The molecule has 36 heavy (non-hydrogen) atoms. The van der Waals surface area contributed by atoms with Gasteiger partial charge in [-0.2, -0.15) is 10.1 Å². The highest BCUT2D eigenvalue weighted by atomic mass is 19.1. The van der Waals surface area contributed by atoms with Crippen molar-refractivity contribution in [2.75, 3.05) is 37.7 Å². The molecule has 0 saturated carbocycles. The number of nitrogens with one attached hydrogen (secondary N) is 1. The van der Waals surface area contributed by atoms with Crippen molar-refractivity contribution < 1.29 is 9.13 Å². The second-order valence-electron chi connectivity index (χ2n) is 9.75. The van der Waals surface area contributed by atoms with Crippen LogP contribution >= 0.6 is 0 Å². The molecule has 1 atom stereocenters. The van der Waals surface area contributed by atoms with Crippen LogP contribution in [0.3, 0.4) is 0 Å². The molecule has 2 aliphatic rings. The number of halogens is 1. The van der Waals surface area contributed by atoms with Crippen molar-refractivity contribution in [1.29, 1.82) is 0 Å². The Morgan fingerprint density at radius 3 is 2.75 bits per heavy atom. The molecule has 4 aromatic rings. The molecule has 2 aliphatic heterocycles. The Bertz CT molecular complexity index is 1410. The van der Waals surface area contributed by atoms with Crippen LogP contribution < -0.4 is 10.2 Å². The Morgan fingerprint density at radius 1 is 1.11 bits per heavy atom. The van der Waals surface area contributed by atoms with E-state index in [9.17, 15) is 4.39 Å². The number of morpholine rings is 1. The normalized spacial score (nSPS) is 19.3. The average Bonchev–Trinajstić information content (AvgIpc) is 3.44. The number of imidazole rings is 1. The number of aryl methyl sites for hydroxylation is 1. The van der Waals surface area contributed by atoms with Crippen molar-refractivity contribution in [1.82, 2.24) is 34.6 Å². The minimum Gasteiger partial charge on any atom is -0.377 e. The summed E-state index contributed by atoms with van der Waals surface area (Å²) >= 11 is 0. The fourth-order valence-electron chi connectivity index (χ4n) is 5.45. The predicted molar refractivity (Wildman–Crippen MR) is 136 cm³/mol. The molecule has 1 N–H and O–H groups in total. The molecule has 2 fully saturated rings. The van der Waals surface area contributed by atoms with Crippen LogP contribution in [0.15, 0.2) is 30.6 Å². The highest BCUT2D eigenvalue weighted by molar-refractivity contribution is 5.77. The first-order valence-corrected chi connectivity index (χ1v) is 12.6. The molecule has 0 amide bonds. The first-order valence-electron chi connectivity index (χ1n) is 12.6. The number of nitrogens with zero attached hydrogens (tertiary/aromatic N) is 7. The first-order chi connectivity index (χ1) is 17.5. The SMILES string of the molecule is Cc1nn(C2CCNCC2)c(C)c1-c1cc(N2CCOC[C@H]2C)nc(-n2cnc3ccc(F)cc32)n1. The van der Waals surface area contributed by atoms with E-state index >= 15 is 0 Å². The van der Waals surface area contributed by atoms with E-state index < -0.39 is 0 Å². The molecule has 0 spiro atoms. The lowest BCUT2D eigenvalue weighted by Crippen LogP contribution is -2.44. The lowest BCUT2D eigenvalue weighted by atomic mass is 10.1. The van der Waals surface area contributed by atoms with Crippen LogP contribution in [0.1, 0.15) is 37.2 Å². The Morgan fingerprint density at radius 2 is 1.94 bits per heavy atom. The molecule has 188 valence electrons. The molecule has 0 aliphatic carbocycles. The Balaban J connectivity index is 1.52. The average molecular weight is 491 g/mol. The molecule has 0 unspecified atom stereocenters. The number of rotatable bonds is 4. The monoisotopic (exact) mass is 490 g/mol. The molecule has 6 rings (SSSR count). The predicted octanol–water partition coefficient (Wildman–Crippen LogP) is 3.58. The number of piperidine rings is 1. The van der Waals surface area contributed by atoms with Crippen LogP contribution in [0, 0.1) is 19.7 Å². The number of ether oxygens (including phenoxy) is 1. The minimum absolute atomic E-state index is 0.172. The van der Waals surface area contributed by atoms with Gasteiger partial charge in [0.1, 0.15) is 18.0 Å². The van der Waals surface area contributed by atoms with E-state index in [0.717, 1.165) is 60.9 Å². The van der Waals surface area contributed by atoms with E-state index in [-0.39, 0.29) is 11.9 Å². The van der Waals surface area contributed by atoms with Crippen LogP contribution in [0.2, 0.25) is 0 Å². The van der Waals surface area contributed by atoms with Crippen LogP contribution in [0.5, 0.6) is 0 Å². The van der Waals surface area contributed by atoms with Gasteiger partial charge >= 0.3 is 0 Å². The second-order valence-corrected chi connectivity index (χ2v) is 9.75. The standard InChI is InChI=1S/C26H31FN8O/c1-16-14-36-11-10-33(16)24-13-22(25-17(2)32-35(18(25)3)20-6-8-28-9-7-20)30-26(31-24)34-15-29-21-5-4-19(27)12-23(21)34/h4-5,12-13,15-16,20,28H,6-11,14H2,1-3H3/t16-/m1/s1. The number of fused-ring (bicyclic) bond motifs is 1. The van der Waals surface area contributed by atoms with Crippen molar-refractivity contribution in [3.63, 3.8) is 0 Å². The number of hydrogen-bond acceptors (Lipinski definition) is 7. The van der Waals surface area contributed by atoms with Gasteiger partial charge in [0.2, 0.25) is 5.95 Å². The number of benzene rings is 1. The third kappa shape index (κ3) is 4.04. The summed E-state index contributed by atoms with van der Waals surface area (Å²) in [5, 5.41) is 8.38. The molecular weight excluding hydrogens is 459 g/mol. The molecule has 0 bridgehead atoms. The highest BCUT2D eigenvalue weighted by Crippen LogP contribution is 2.33. The van der Waals surface area contributed by atoms with Crippen molar-refractivity contribution in [3.05, 3.63) is 47.8 Å². The van der Waals surface area contributed by atoms with Crippen LogP contribution in [-0.2, 0) is 4.74 Å². The smallest absolute Gasteiger partial charge is 0.237 e. The summed E-state index contributed by atoms with van der Waals surface area (Å²) in [6.45, 7) is 10.3. The topological polar surface area (TPSA) is 85.9 Å². The fraction of sp³-hybridized carbons (Fsp3) is 0.462. The summed E-state index contributed by atoms with van der Waals surface area (Å²) in [6.07, 6.45) is 3.77. The third-order valence-corrected chi connectivity index (χ3v) is 7.32. The van der Waals surface area contributed by atoms with Gasteiger partial charge in [0.15, 0.2) is 0 Å². The Hall–Kier alpha value is -3.37. The van der Waals surface area contributed by atoms with Gasteiger partial charge in [-0.25, -0.2) is 14.4 Å². The van der Waals surface area contributed by atoms with Crippen molar-refractivity contribution in [2.45, 2.75) is 45.7 Å². The van der Waals surface area contributed by atoms with E-state index in [4.69, 9.17) is 19.8 Å². The lowest BCUT2D eigenvalue weighted by Gasteiger charge is -2.34. The number of anilines is 1. The molecule has 9 nitrogen and oxygen atoms in total. The van der Waals surface area contributed by atoms with Crippen LogP contribution in [-0.4, -0.2) is 68.2 Å². The number of aromatic nitrogens is 6. The summed E-state index contributed by atoms with van der Waals surface area (Å²) in [5.74, 6) is 0.956. The summed E-state index contributed by atoms with van der Waals surface area (Å²) < 4.78 is 23.7. The van der Waals surface area contributed by atoms with E-state index in [1.807, 2.05) is 6.92 Å². The summed E-state index contributed by atoms with van der Waals surface area (Å²) in [5.41, 5.74) is 5.20. The summed E-state index contributed by atoms with van der Waals surface area (Å²) in [6, 6.07) is 7.16. The van der Waals surface area contributed by atoms with E-state index in [0.29, 0.717) is 36.2 Å². The zero-order valence-electron chi connectivity index (χ0n) is 20.9. The maximum absolute atomic E-state index is 14.1. The van der Waals surface area contributed by atoms with E-state index in [1.165, 1.54) is 12.1 Å². The Kier molecular flexibility index (Phi) is 5.93. The van der Waals surface area contributed by atoms with Gasteiger partial charge in [-0.15, -0.1) is 0 Å². The zero-order chi connectivity index (χ0) is 24.8. The van der Waals surface area contributed by atoms with Gasteiger partial charge in [0.25, 0.3) is 0 Å². The third-order valence-electron chi connectivity index (χ3n) is 7.32. The molecule has 3 aromatic heterocycles. The van der Waals surface area contributed by atoms with Gasteiger partial charge in [-0.1, -0.05) is 0 Å². The minimum atomic E-state index is -0.322. The maximum atomic E-state index is 14.1. The van der Waals surface area contributed by atoms with Gasteiger partial charge in [-0.05, 0) is 58.8 Å². The molecule has 0 radical (unpaired) electrons. The maximum Gasteiger partial charge on any atom is 0.237 e. The van der Waals surface area contributed by atoms with Gasteiger partial charge in [-0.3, -0.25) is 9.25 Å². The quantitative estimate of drug-likeness (QED) is 0.468. The second kappa shape index (κ2) is 9.25. The number of hydrogen-bond donors (Lipinski definition) is 1. The van der Waals surface area contributed by atoms with Crippen molar-refractivity contribution in [2.24, 2.45) is 0 Å². The van der Waals surface area contributed by atoms with Gasteiger partial charge in [0, 0.05) is 29.9 Å². The van der Waals surface area contributed by atoms with Crippen molar-refractivity contribution in [3.8, 4) is 17.2 Å². The molecule has 10 heteroatoms.